The third-order valence-corrected chi connectivity index (χ3v) is 4.56. The molecule has 0 saturated carbocycles. The zero-order valence-electron chi connectivity index (χ0n) is 13.7. The minimum absolute atomic E-state index is 0.00375. The van der Waals surface area contributed by atoms with Crippen molar-refractivity contribution in [2.24, 2.45) is 0 Å². The Morgan fingerprint density at radius 2 is 1.92 bits per heavy atom. The van der Waals surface area contributed by atoms with Gasteiger partial charge in [0.1, 0.15) is 0 Å². The lowest BCUT2D eigenvalue weighted by Crippen LogP contribution is -2.15. The minimum Gasteiger partial charge on any atom is -0.294 e. The fourth-order valence-corrected chi connectivity index (χ4v) is 3.23. The molecule has 1 N–H and O–H groups in total. The predicted octanol–water partition coefficient (Wildman–Crippen LogP) is 2.82. The van der Waals surface area contributed by atoms with Crippen molar-refractivity contribution >= 4 is 23.3 Å². The number of ketones is 1. The Bertz CT molecular complexity index is 961. The summed E-state index contributed by atoms with van der Waals surface area (Å²) in [6, 6.07) is 11.4. The lowest BCUT2D eigenvalue weighted by atomic mass is 10.0. The number of amides is 1. The van der Waals surface area contributed by atoms with Gasteiger partial charge in [-0.15, -0.1) is 10.2 Å². The molecule has 2 heterocycles. The first-order chi connectivity index (χ1) is 12.2. The zero-order valence-corrected chi connectivity index (χ0v) is 13.7. The quantitative estimate of drug-likeness (QED) is 0.728. The Morgan fingerprint density at radius 3 is 2.84 bits per heavy atom. The van der Waals surface area contributed by atoms with Crippen molar-refractivity contribution in [1.29, 1.82) is 0 Å². The molecule has 0 radical (unpaired) electrons. The van der Waals surface area contributed by atoms with Crippen LogP contribution in [0, 0.1) is 0 Å². The third kappa shape index (κ3) is 3.15. The average Bonchev–Trinajstić information content (AvgIpc) is 3.26. The van der Waals surface area contributed by atoms with Crippen LogP contribution < -0.4 is 5.32 Å². The Kier molecular flexibility index (Phi) is 4.01. The number of Topliss-reactive ketones (excluding diaryl/α,β-unsaturated/α-hetero) is 1. The fraction of sp³-hybridized carbons (Fsp3) is 0.263. The number of aromatic nitrogens is 3. The summed E-state index contributed by atoms with van der Waals surface area (Å²) in [6.45, 7) is 0. The molecule has 0 unspecified atom stereocenters. The summed E-state index contributed by atoms with van der Waals surface area (Å²) in [4.78, 5) is 24.5. The van der Waals surface area contributed by atoms with E-state index in [1.807, 2.05) is 30.3 Å². The van der Waals surface area contributed by atoms with Crippen molar-refractivity contribution in [3.63, 3.8) is 0 Å². The van der Waals surface area contributed by atoms with Gasteiger partial charge in [0, 0.05) is 24.6 Å². The molecule has 0 spiro atoms. The van der Waals surface area contributed by atoms with Crippen molar-refractivity contribution in [1.82, 2.24) is 14.6 Å². The summed E-state index contributed by atoms with van der Waals surface area (Å²) in [6.07, 6.45) is 5.37. The van der Waals surface area contributed by atoms with Gasteiger partial charge >= 0.3 is 0 Å². The lowest BCUT2D eigenvalue weighted by Gasteiger charge is -2.05. The second kappa shape index (κ2) is 6.47. The molecule has 0 aliphatic heterocycles. The van der Waals surface area contributed by atoms with E-state index >= 15 is 0 Å². The van der Waals surface area contributed by atoms with E-state index in [0.717, 1.165) is 19.3 Å². The number of rotatable bonds is 5. The van der Waals surface area contributed by atoms with Gasteiger partial charge in [-0.25, -0.2) is 0 Å². The topological polar surface area (TPSA) is 76.4 Å². The second-order valence-corrected chi connectivity index (χ2v) is 6.26. The fourth-order valence-electron chi connectivity index (χ4n) is 3.23. The molecule has 1 aliphatic rings. The largest absolute Gasteiger partial charge is 0.294 e. The van der Waals surface area contributed by atoms with Crippen LogP contribution in [0.15, 0.2) is 42.6 Å². The van der Waals surface area contributed by atoms with Crippen LogP contribution in [-0.4, -0.2) is 26.3 Å². The van der Waals surface area contributed by atoms with Gasteiger partial charge in [0.2, 0.25) is 11.9 Å². The van der Waals surface area contributed by atoms with E-state index in [0.29, 0.717) is 17.2 Å². The Hall–Kier alpha value is -3.02. The van der Waals surface area contributed by atoms with Gasteiger partial charge in [0.05, 0.1) is 0 Å². The van der Waals surface area contributed by atoms with Crippen LogP contribution in [0.3, 0.4) is 0 Å². The molecule has 0 saturated heterocycles. The monoisotopic (exact) mass is 334 g/mol. The van der Waals surface area contributed by atoms with E-state index in [4.69, 9.17) is 0 Å². The maximum Gasteiger partial charge on any atom is 0.235 e. The van der Waals surface area contributed by atoms with Crippen LogP contribution in [0.5, 0.6) is 0 Å². The Labute approximate surface area is 144 Å². The predicted molar refractivity (Wildman–Crippen MR) is 93.6 cm³/mol. The van der Waals surface area contributed by atoms with Crippen LogP contribution in [0.4, 0.5) is 5.95 Å². The van der Waals surface area contributed by atoms with E-state index < -0.39 is 0 Å². The molecule has 1 aromatic carbocycles. The van der Waals surface area contributed by atoms with Crippen molar-refractivity contribution in [3.8, 4) is 0 Å². The number of nitrogens with zero attached hydrogens (tertiary/aromatic N) is 3. The maximum absolute atomic E-state index is 12.4. The van der Waals surface area contributed by atoms with Crippen LogP contribution in [-0.2, 0) is 17.6 Å². The first-order valence-electron chi connectivity index (χ1n) is 8.45. The number of anilines is 1. The van der Waals surface area contributed by atoms with E-state index in [1.54, 1.807) is 16.7 Å². The lowest BCUT2D eigenvalue weighted by molar-refractivity contribution is -0.116. The highest BCUT2D eigenvalue weighted by molar-refractivity contribution is 5.99. The standard InChI is InChI=1S/C19H18N4O2/c24-16(15-8-7-13-4-3-5-14(13)12-15)9-10-18(25)20-19-22-21-17-6-1-2-11-23(17)19/h1-2,6-8,11-12H,3-5,9-10H2,(H,20,22,25). The summed E-state index contributed by atoms with van der Waals surface area (Å²) in [5.74, 6) is 0.120. The second-order valence-electron chi connectivity index (χ2n) is 6.26. The molecule has 1 aliphatic carbocycles. The number of carbonyl (C=O) groups excluding carboxylic acids is 2. The highest BCUT2D eigenvalue weighted by Gasteiger charge is 2.15. The Balaban J connectivity index is 1.37. The van der Waals surface area contributed by atoms with Crippen LogP contribution in [0.2, 0.25) is 0 Å². The summed E-state index contributed by atoms with van der Waals surface area (Å²) in [7, 11) is 0. The average molecular weight is 334 g/mol. The number of pyridine rings is 1. The number of aryl methyl sites for hydroxylation is 2. The third-order valence-electron chi connectivity index (χ3n) is 4.56. The molecule has 3 aromatic rings. The van der Waals surface area contributed by atoms with Crippen molar-refractivity contribution in [3.05, 3.63) is 59.3 Å². The number of benzene rings is 1. The molecule has 0 atom stereocenters. The van der Waals surface area contributed by atoms with Crippen LogP contribution in [0.1, 0.15) is 40.7 Å². The van der Waals surface area contributed by atoms with E-state index in [2.05, 4.69) is 15.5 Å². The first kappa shape index (κ1) is 15.5. The molecule has 2 aromatic heterocycles. The number of nitrogens with one attached hydrogen (secondary N) is 1. The highest BCUT2D eigenvalue weighted by Crippen LogP contribution is 2.23. The zero-order chi connectivity index (χ0) is 17.2. The van der Waals surface area contributed by atoms with Crippen molar-refractivity contribution in [2.75, 3.05) is 5.32 Å². The molecule has 6 nitrogen and oxygen atoms in total. The Morgan fingerprint density at radius 1 is 1.04 bits per heavy atom. The molecule has 4 rings (SSSR count). The highest BCUT2D eigenvalue weighted by atomic mass is 16.2. The van der Waals surface area contributed by atoms with Gasteiger partial charge in [0.25, 0.3) is 0 Å². The van der Waals surface area contributed by atoms with Crippen LogP contribution >= 0.6 is 0 Å². The molecule has 25 heavy (non-hydrogen) atoms. The molecule has 0 bridgehead atoms. The SMILES string of the molecule is O=C(CCC(=O)c1ccc2c(c1)CCC2)Nc1nnc2ccccn12. The van der Waals surface area contributed by atoms with Crippen molar-refractivity contribution in [2.45, 2.75) is 32.1 Å². The van der Waals surface area contributed by atoms with Gasteiger partial charge < -0.3 is 0 Å². The van der Waals surface area contributed by atoms with Gasteiger partial charge in [-0.05, 0) is 48.6 Å². The van der Waals surface area contributed by atoms with Crippen LogP contribution in [0.25, 0.3) is 5.65 Å². The molecule has 126 valence electrons. The molecular formula is C19H18N4O2. The smallest absolute Gasteiger partial charge is 0.235 e. The minimum atomic E-state index is -0.243. The molecule has 1 amide bonds. The van der Waals surface area contributed by atoms with Gasteiger partial charge in [0.15, 0.2) is 11.4 Å². The summed E-state index contributed by atoms with van der Waals surface area (Å²) in [5, 5.41) is 10.6. The molecule has 0 fully saturated rings. The molecule has 6 heteroatoms. The van der Waals surface area contributed by atoms with E-state index in [9.17, 15) is 9.59 Å². The first-order valence-corrected chi connectivity index (χ1v) is 8.45. The number of fused-ring (bicyclic) bond motifs is 2. The van der Waals surface area contributed by atoms with Gasteiger partial charge in [-0.3, -0.25) is 19.3 Å². The summed E-state index contributed by atoms with van der Waals surface area (Å²) in [5.41, 5.74) is 3.96. The normalized spacial score (nSPS) is 13.0. The van der Waals surface area contributed by atoms with Gasteiger partial charge in [-0.1, -0.05) is 18.2 Å². The maximum atomic E-state index is 12.4. The van der Waals surface area contributed by atoms with Gasteiger partial charge in [-0.2, -0.15) is 0 Å². The van der Waals surface area contributed by atoms with Crippen molar-refractivity contribution < 1.29 is 9.59 Å². The van der Waals surface area contributed by atoms with E-state index in [-0.39, 0.29) is 24.5 Å². The van der Waals surface area contributed by atoms with E-state index in [1.165, 1.54) is 11.1 Å². The number of carbonyl (C=O) groups is 2. The number of hydrogen-bond acceptors (Lipinski definition) is 4. The summed E-state index contributed by atoms with van der Waals surface area (Å²) < 4.78 is 1.69. The molecular weight excluding hydrogens is 316 g/mol. The summed E-state index contributed by atoms with van der Waals surface area (Å²) >= 11 is 0. The number of hydrogen-bond donors (Lipinski definition) is 1.